The minimum atomic E-state index is -0.927. The number of hydrogen-bond donors (Lipinski definition) is 1. The molecule has 88 valence electrons. The van der Waals surface area contributed by atoms with E-state index < -0.39 is 5.97 Å². The van der Waals surface area contributed by atoms with Crippen LogP contribution in [0.3, 0.4) is 0 Å². The number of pyridine rings is 1. The van der Waals surface area contributed by atoms with Gasteiger partial charge in [-0.2, -0.15) is 0 Å². The van der Waals surface area contributed by atoms with Gasteiger partial charge in [0, 0.05) is 5.69 Å². The van der Waals surface area contributed by atoms with Crippen molar-refractivity contribution in [2.45, 2.75) is 12.1 Å². The summed E-state index contributed by atoms with van der Waals surface area (Å²) in [5.41, 5.74) is 1.43. The summed E-state index contributed by atoms with van der Waals surface area (Å²) in [6.07, 6.45) is 0. The van der Waals surface area contributed by atoms with Crippen LogP contribution in [0.4, 0.5) is 0 Å². The van der Waals surface area contributed by atoms with Crippen LogP contribution in [-0.4, -0.2) is 32.0 Å². The second kappa shape index (κ2) is 4.96. The average molecular weight is 251 g/mol. The molecule has 0 aliphatic rings. The number of rotatable bonds is 4. The first-order chi connectivity index (χ1) is 8.15. The molecule has 0 aromatic carbocycles. The first-order valence-corrected chi connectivity index (χ1v) is 5.76. The summed E-state index contributed by atoms with van der Waals surface area (Å²) in [5.74, 6) is -0.742. The van der Waals surface area contributed by atoms with Gasteiger partial charge in [0.2, 0.25) is 0 Å². The van der Waals surface area contributed by atoms with Crippen LogP contribution in [0.1, 0.15) is 5.69 Å². The van der Waals surface area contributed by atoms with Crippen molar-refractivity contribution in [3.63, 3.8) is 0 Å². The van der Waals surface area contributed by atoms with Crippen LogP contribution in [-0.2, 0) is 4.79 Å². The Labute approximate surface area is 101 Å². The lowest BCUT2D eigenvalue weighted by Crippen LogP contribution is -1.97. The van der Waals surface area contributed by atoms with E-state index in [-0.39, 0.29) is 11.0 Å². The highest BCUT2D eigenvalue weighted by Gasteiger charge is 2.11. The van der Waals surface area contributed by atoms with E-state index in [1.54, 1.807) is 6.07 Å². The van der Waals surface area contributed by atoms with E-state index in [1.807, 2.05) is 19.1 Å². The third-order valence-corrected chi connectivity index (χ3v) is 2.64. The molecule has 0 unspecified atom stereocenters. The van der Waals surface area contributed by atoms with Gasteiger partial charge in [0.25, 0.3) is 11.1 Å². The molecule has 0 radical (unpaired) electrons. The third-order valence-electron chi connectivity index (χ3n) is 1.83. The molecule has 0 aliphatic carbocycles. The fourth-order valence-corrected chi connectivity index (χ4v) is 1.64. The molecule has 0 saturated heterocycles. The Balaban J connectivity index is 2.15. The van der Waals surface area contributed by atoms with E-state index in [1.165, 1.54) is 0 Å². The van der Waals surface area contributed by atoms with Gasteiger partial charge in [-0.25, -0.2) is 4.98 Å². The van der Waals surface area contributed by atoms with Crippen molar-refractivity contribution in [1.29, 1.82) is 0 Å². The highest BCUT2D eigenvalue weighted by atomic mass is 32.2. The van der Waals surface area contributed by atoms with E-state index in [4.69, 9.17) is 9.52 Å². The van der Waals surface area contributed by atoms with Crippen LogP contribution in [0.25, 0.3) is 11.6 Å². The summed E-state index contributed by atoms with van der Waals surface area (Å²) in [6, 6.07) is 5.46. The van der Waals surface area contributed by atoms with Gasteiger partial charge in [0.05, 0.1) is 0 Å². The number of carboxylic acids is 1. The predicted molar refractivity (Wildman–Crippen MR) is 60.6 cm³/mol. The highest BCUT2D eigenvalue weighted by molar-refractivity contribution is 7.99. The zero-order valence-electron chi connectivity index (χ0n) is 8.95. The monoisotopic (exact) mass is 251 g/mol. The number of aliphatic carboxylic acids is 1. The third kappa shape index (κ3) is 3.04. The van der Waals surface area contributed by atoms with Gasteiger partial charge in [0.1, 0.15) is 11.4 Å². The molecule has 0 saturated carbocycles. The minimum Gasteiger partial charge on any atom is -0.481 e. The van der Waals surface area contributed by atoms with Crippen molar-refractivity contribution in [2.75, 3.05) is 5.75 Å². The van der Waals surface area contributed by atoms with E-state index in [9.17, 15) is 4.79 Å². The molecular weight excluding hydrogens is 242 g/mol. The van der Waals surface area contributed by atoms with E-state index >= 15 is 0 Å². The van der Waals surface area contributed by atoms with Crippen molar-refractivity contribution in [2.24, 2.45) is 0 Å². The van der Waals surface area contributed by atoms with Gasteiger partial charge in [-0.15, -0.1) is 10.2 Å². The van der Waals surface area contributed by atoms with E-state index in [0.717, 1.165) is 17.5 Å². The lowest BCUT2D eigenvalue weighted by atomic mass is 10.3. The SMILES string of the molecule is Cc1cccc(-c2nnc(SCC(=O)O)o2)n1. The number of thioether (sulfide) groups is 1. The first-order valence-electron chi connectivity index (χ1n) is 4.77. The summed E-state index contributed by atoms with van der Waals surface area (Å²) >= 11 is 0.981. The zero-order valence-corrected chi connectivity index (χ0v) is 9.77. The Kier molecular flexibility index (Phi) is 3.38. The van der Waals surface area contributed by atoms with Crippen molar-refractivity contribution in [3.8, 4) is 11.6 Å². The standard InChI is InChI=1S/C10H9N3O3S/c1-6-3-2-4-7(11-6)9-12-13-10(16-9)17-5-8(14)15/h2-4H,5H2,1H3,(H,14,15). The molecule has 0 amide bonds. The Hall–Kier alpha value is -1.89. The van der Waals surface area contributed by atoms with Gasteiger partial charge < -0.3 is 9.52 Å². The lowest BCUT2D eigenvalue weighted by molar-refractivity contribution is -0.133. The highest BCUT2D eigenvalue weighted by Crippen LogP contribution is 2.21. The molecule has 7 heteroatoms. The maximum Gasteiger partial charge on any atom is 0.314 e. The Morgan fingerprint density at radius 1 is 1.47 bits per heavy atom. The number of hydrogen-bond acceptors (Lipinski definition) is 6. The molecule has 2 rings (SSSR count). The molecule has 0 spiro atoms. The van der Waals surface area contributed by atoms with Crippen LogP contribution in [0, 0.1) is 6.92 Å². The van der Waals surface area contributed by atoms with E-state index in [2.05, 4.69) is 15.2 Å². The molecular formula is C10H9N3O3S. The van der Waals surface area contributed by atoms with Crippen LogP contribution in [0.15, 0.2) is 27.8 Å². The fourth-order valence-electron chi connectivity index (χ4n) is 1.16. The maximum absolute atomic E-state index is 10.4. The maximum atomic E-state index is 10.4. The van der Waals surface area contributed by atoms with Gasteiger partial charge in [0.15, 0.2) is 0 Å². The summed E-state index contributed by atoms with van der Waals surface area (Å²) < 4.78 is 5.29. The van der Waals surface area contributed by atoms with Crippen molar-refractivity contribution in [1.82, 2.24) is 15.2 Å². The van der Waals surface area contributed by atoms with Gasteiger partial charge >= 0.3 is 5.97 Å². The lowest BCUT2D eigenvalue weighted by Gasteiger charge is -1.94. The predicted octanol–water partition coefficient (Wildman–Crippen LogP) is 1.62. The fraction of sp³-hybridized carbons (Fsp3) is 0.200. The summed E-state index contributed by atoms with van der Waals surface area (Å²) in [7, 11) is 0. The van der Waals surface area contributed by atoms with Gasteiger partial charge in [-0.05, 0) is 19.1 Å². The van der Waals surface area contributed by atoms with Crippen LogP contribution in [0.5, 0.6) is 0 Å². The quantitative estimate of drug-likeness (QED) is 0.825. The van der Waals surface area contributed by atoms with Crippen molar-refractivity contribution < 1.29 is 14.3 Å². The van der Waals surface area contributed by atoms with Crippen LogP contribution < -0.4 is 0 Å². The normalized spacial score (nSPS) is 10.4. The number of nitrogens with zero attached hydrogens (tertiary/aromatic N) is 3. The molecule has 2 aromatic rings. The second-order valence-corrected chi connectivity index (χ2v) is 4.15. The summed E-state index contributed by atoms with van der Waals surface area (Å²) in [5, 5.41) is 16.3. The van der Waals surface area contributed by atoms with Crippen LogP contribution >= 0.6 is 11.8 Å². The topological polar surface area (TPSA) is 89.1 Å². The average Bonchev–Trinajstić information content (AvgIpc) is 2.75. The van der Waals surface area contributed by atoms with Gasteiger partial charge in [-0.3, -0.25) is 4.79 Å². The molecule has 0 atom stereocenters. The first kappa shape index (κ1) is 11.6. The number of aromatic nitrogens is 3. The van der Waals surface area contributed by atoms with Crippen molar-refractivity contribution in [3.05, 3.63) is 23.9 Å². The van der Waals surface area contributed by atoms with Gasteiger partial charge in [-0.1, -0.05) is 17.8 Å². The molecule has 2 heterocycles. The Morgan fingerprint density at radius 2 is 2.29 bits per heavy atom. The molecule has 0 fully saturated rings. The Morgan fingerprint density at radius 3 is 3.00 bits per heavy atom. The number of carboxylic acid groups (broad SMARTS) is 1. The summed E-state index contributed by atoms with van der Waals surface area (Å²) in [4.78, 5) is 14.6. The summed E-state index contributed by atoms with van der Waals surface area (Å²) in [6.45, 7) is 1.86. The molecule has 0 aliphatic heterocycles. The second-order valence-electron chi connectivity index (χ2n) is 3.22. The Bertz CT molecular complexity index is 541. The van der Waals surface area contributed by atoms with Crippen molar-refractivity contribution >= 4 is 17.7 Å². The number of carbonyl (C=O) groups is 1. The molecule has 2 aromatic heterocycles. The molecule has 17 heavy (non-hydrogen) atoms. The largest absolute Gasteiger partial charge is 0.481 e. The van der Waals surface area contributed by atoms with E-state index in [0.29, 0.717) is 11.6 Å². The molecule has 1 N–H and O–H groups in total. The number of aryl methyl sites for hydroxylation is 1. The minimum absolute atomic E-state index is 0.108. The molecule has 6 nitrogen and oxygen atoms in total. The smallest absolute Gasteiger partial charge is 0.314 e. The molecule has 0 bridgehead atoms. The zero-order chi connectivity index (χ0) is 12.3. The van der Waals surface area contributed by atoms with Crippen LogP contribution in [0.2, 0.25) is 0 Å².